The van der Waals surface area contributed by atoms with Crippen LogP contribution in [0.2, 0.25) is 0 Å². The largest absolute Gasteiger partial charge is 0.458 e. The van der Waals surface area contributed by atoms with Crippen molar-refractivity contribution in [2.45, 2.75) is 90.6 Å². The summed E-state index contributed by atoms with van der Waals surface area (Å²) in [5, 5.41) is 28.0. The Morgan fingerprint density at radius 2 is 1.79 bits per heavy atom. The average Bonchev–Trinajstić information content (AvgIpc) is 3.73. The van der Waals surface area contributed by atoms with Crippen molar-refractivity contribution in [3.63, 3.8) is 0 Å². The fourth-order valence-corrected chi connectivity index (χ4v) is 10.8. The number of aliphatic hydroxyl groups excluding tert-OH is 2. The summed E-state index contributed by atoms with van der Waals surface area (Å²) in [4.78, 5) is 56.0. The predicted molar refractivity (Wildman–Crippen MR) is 196 cm³/mol. The second kappa shape index (κ2) is 13.8. The van der Waals surface area contributed by atoms with Crippen LogP contribution in [0, 0.1) is 28.1 Å². The number of aromatic nitrogens is 3. The minimum Gasteiger partial charge on any atom is -0.458 e. The molecule has 5 fully saturated rings. The summed E-state index contributed by atoms with van der Waals surface area (Å²) >= 11 is 0. The van der Waals surface area contributed by atoms with E-state index in [0.717, 1.165) is 43.0 Å². The van der Waals surface area contributed by atoms with E-state index in [2.05, 4.69) is 26.8 Å². The van der Waals surface area contributed by atoms with Gasteiger partial charge in [-0.3, -0.25) is 19.3 Å². The summed E-state index contributed by atoms with van der Waals surface area (Å²) in [6, 6.07) is 2.03. The number of carbonyl (C=O) groups is 3. The van der Waals surface area contributed by atoms with Crippen molar-refractivity contribution in [2.75, 3.05) is 63.8 Å². The third-order valence-corrected chi connectivity index (χ3v) is 14.3. The zero-order valence-electron chi connectivity index (χ0n) is 31.4. The zero-order chi connectivity index (χ0) is 37.1. The molecule has 8 unspecified atom stereocenters. The van der Waals surface area contributed by atoms with Gasteiger partial charge in [-0.1, -0.05) is 26.8 Å². The Bertz CT molecular complexity index is 1700. The molecule has 2 aromatic rings. The predicted octanol–water partition coefficient (Wildman–Crippen LogP) is 2.40. The van der Waals surface area contributed by atoms with E-state index in [1.807, 2.05) is 54.3 Å². The van der Waals surface area contributed by atoms with E-state index < -0.39 is 45.9 Å². The molecule has 2 aromatic heterocycles. The second-order valence-electron chi connectivity index (χ2n) is 16.9. The quantitative estimate of drug-likeness (QED) is 0.273. The molecule has 8 atom stereocenters. The van der Waals surface area contributed by atoms with Gasteiger partial charge < -0.3 is 34.6 Å². The van der Waals surface area contributed by atoms with Gasteiger partial charge in [-0.2, -0.15) is 0 Å². The zero-order valence-corrected chi connectivity index (χ0v) is 31.4. The van der Waals surface area contributed by atoms with Crippen molar-refractivity contribution in [1.82, 2.24) is 29.7 Å². The van der Waals surface area contributed by atoms with Crippen LogP contribution in [-0.2, 0) is 25.7 Å². The van der Waals surface area contributed by atoms with Gasteiger partial charge in [-0.15, -0.1) is 6.58 Å². The van der Waals surface area contributed by atoms with E-state index in [9.17, 15) is 24.6 Å². The van der Waals surface area contributed by atoms with E-state index in [0.29, 0.717) is 64.8 Å². The molecule has 2 saturated heterocycles. The van der Waals surface area contributed by atoms with Crippen molar-refractivity contribution >= 4 is 34.5 Å². The summed E-state index contributed by atoms with van der Waals surface area (Å²) in [5.74, 6) is -0.0205. The molecule has 3 aliphatic carbocycles. The van der Waals surface area contributed by atoms with Gasteiger partial charge in [-0.05, 0) is 50.0 Å². The van der Waals surface area contributed by atoms with Gasteiger partial charge >= 0.3 is 5.97 Å². The van der Waals surface area contributed by atoms with Gasteiger partial charge in [0, 0.05) is 94.7 Å². The maximum absolute atomic E-state index is 13.7. The number of carbonyl (C=O) groups excluding carboxylic acids is 3. The van der Waals surface area contributed by atoms with Gasteiger partial charge in [0.15, 0.2) is 0 Å². The standard InChI is InChI=1S/C39H57N7O6/c1-6-36(3)23-29(48)38(5)32-28(47)7-10-39(32,26(2)33(36)51)12-11-37(38,4)52-31(50)24-43-19-21-44(22-20-43)30(49)9-16-45-15-8-27-34(45)41-25-42-35(27)46-17-13-40-14-18-46/h6,8,15,25-26,29,32-33,40,48,51H,1,7,9-14,16-24H2,2-5H3. The first-order valence-electron chi connectivity index (χ1n) is 19.3. The first-order valence-corrected chi connectivity index (χ1v) is 19.3. The molecule has 284 valence electrons. The van der Waals surface area contributed by atoms with Crippen LogP contribution in [0.4, 0.5) is 5.82 Å². The number of rotatable bonds is 8. The smallest absolute Gasteiger partial charge is 0.320 e. The third kappa shape index (κ3) is 5.95. The fourth-order valence-electron chi connectivity index (χ4n) is 10.8. The Hall–Kier alpha value is -3.39. The topological polar surface area (TPSA) is 153 Å². The number of nitrogens with zero attached hydrogens (tertiary/aromatic N) is 6. The molecule has 0 aromatic carbocycles. The third-order valence-electron chi connectivity index (χ3n) is 14.3. The van der Waals surface area contributed by atoms with Gasteiger partial charge in [-0.25, -0.2) is 9.97 Å². The molecule has 3 N–H and O–H groups in total. The van der Waals surface area contributed by atoms with Crippen LogP contribution in [0.3, 0.4) is 0 Å². The Morgan fingerprint density at radius 3 is 2.50 bits per heavy atom. The average molecular weight is 720 g/mol. The molecule has 4 heterocycles. The van der Waals surface area contributed by atoms with Crippen molar-refractivity contribution in [1.29, 1.82) is 0 Å². The molecule has 3 saturated carbocycles. The number of ether oxygens (including phenoxy) is 1. The lowest BCUT2D eigenvalue weighted by Gasteiger charge is -2.64. The SMILES string of the molecule is C=CC1(C)CC(O)C2(C)C3C(=O)CCC3(CCC2(C)OC(=O)CN2CCN(C(=O)CCn3ccc4c(N5CCNCC5)ncnc43)CC2)C(C)C1O. The van der Waals surface area contributed by atoms with Crippen LogP contribution in [0.25, 0.3) is 11.0 Å². The number of aliphatic hydroxyl groups is 2. The number of fused-ring (bicyclic) bond motifs is 1. The number of amides is 1. The highest BCUT2D eigenvalue weighted by atomic mass is 16.6. The summed E-state index contributed by atoms with van der Waals surface area (Å²) < 4.78 is 8.43. The van der Waals surface area contributed by atoms with Gasteiger partial charge in [0.1, 0.15) is 29.2 Å². The summed E-state index contributed by atoms with van der Waals surface area (Å²) in [6.45, 7) is 18.1. The van der Waals surface area contributed by atoms with Gasteiger partial charge in [0.2, 0.25) is 5.91 Å². The van der Waals surface area contributed by atoms with Crippen molar-refractivity contribution in [3.05, 3.63) is 31.2 Å². The highest BCUT2D eigenvalue weighted by Gasteiger charge is 2.72. The van der Waals surface area contributed by atoms with Crippen LogP contribution in [0.5, 0.6) is 0 Å². The van der Waals surface area contributed by atoms with Crippen molar-refractivity contribution in [3.8, 4) is 0 Å². The molecule has 13 nitrogen and oxygen atoms in total. The number of esters is 1. The van der Waals surface area contributed by atoms with Crippen molar-refractivity contribution in [2.24, 2.45) is 28.1 Å². The first kappa shape index (κ1) is 36.9. The number of hydrogen-bond acceptors (Lipinski definition) is 11. The van der Waals surface area contributed by atoms with E-state index in [1.165, 1.54) is 0 Å². The van der Waals surface area contributed by atoms with Crippen LogP contribution < -0.4 is 10.2 Å². The second-order valence-corrected chi connectivity index (χ2v) is 16.9. The molecular formula is C39H57N7O6. The molecule has 7 rings (SSSR count). The minimum absolute atomic E-state index is 0.0666. The number of aryl methyl sites for hydroxylation is 1. The van der Waals surface area contributed by atoms with Gasteiger partial charge in [0.05, 0.1) is 24.1 Å². The molecule has 5 aliphatic rings. The minimum atomic E-state index is -1.08. The Balaban J connectivity index is 0.966. The lowest BCUT2D eigenvalue weighted by molar-refractivity contribution is -0.252. The Morgan fingerprint density at radius 1 is 1.06 bits per heavy atom. The highest BCUT2D eigenvalue weighted by Crippen LogP contribution is 2.69. The Kier molecular flexibility index (Phi) is 9.80. The number of hydrogen-bond donors (Lipinski definition) is 3. The monoisotopic (exact) mass is 719 g/mol. The number of piperazine rings is 2. The van der Waals surface area contributed by atoms with Crippen LogP contribution in [0.1, 0.15) is 66.2 Å². The molecule has 0 spiro atoms. The van der Waals surface area contributed by atoms with Crippen LogP contribution in [-0.4, -0.2) is 129 Å². The lowest BCUT2D eigenvalue weighted by atomic mass is 9.42. The molecule has 2 bridgehead atoms. The van der Waals surface area contributed by atoms with E-state index in [1.54, 1.807) is 12.4 Å². The first-order chi connectivity index (χ1) is 24.8. The van der Waals surface area contributed by atoms with Crippen LogP contribution in [0.15, 0.2) is 31.2 Å². The number of Topliss-reactive ketones (excluding diaryl/α,β-unsaturated/α-hetero) is 1. The lowest BCUT2D eigenvalue weighted by Crippen LogP contribution is -2.69. The molecule has 2 aliphatic heterocycles. The molecule has 0 radical (unpaired) electrons. The molecule has 52 heavy (non-hydrogen) atoms. The maximum Gasteiger partial charge on any atom is 0.320 e. The maximum atomic E-state index is 13.7. The van der Waals surface area contributed by atoms with E-state index in [-0.39, 0.29) is 30.6 Å². The van der Waals surface area contributed by atoms with Crippen molar-refractivity contribution < 1.29 is 29.3 Å². The normalized spacial score (nSPS) is 37.0. The molecular weight excluding hydrogens is 662 g/mol. The Labute approximate surface area is 306 Å². The van der Waals surface area contributed by atoms with Gasteiger partial charge in [0.25, 0.3) is 0 Å². The molecule has 1 amide bonds. The number of nitrogens with one attached hydrogen (secondary N) is 1. The number of ketones is 1. The van der Waals surface area contributed by atoms with E-state index in [4.69, 9.17) is 4.74 Å². The fraction of sp³-hybridized carbons (Fsp3) is 0.718. The summed E-state index contributed by atoms with van der Waals surface area (Å²) in [5.41, 5.74) is -2.54. The van der Waals surface area contributed by atoms with Crippen LogP contribution >= 0.6 is 0 Å². The summed E-state index contributed by atoms with van der Waals surface area (Å²) in [6.07, 6.45) is 6.31. The summed E-state index contributed by atoms with van der Waals surface area (Å²) in [7, 11) is 0. The van der Waals surface area contributed by atoms with E-state index >= 15 is 0 Å². The highest BCUT2D eigenvalue weighted by molar-refractivity contribution is 5.88. The molecule has 13 heteroatoms. The number of anilines is 1.